The van der Waals surface area contributed by atoms with Gasteiger partial charge in [-0.1, -0.05) is 13.8 Å². The van der Waals surface area contributed by atoms with Gasteiger partial charge in [0.2, 0.25) is 0 Å². The van der Waals surface area contributed by atoms with Crippen LogP contribution in [0.25, 0.3) is 0 Å². The van der Waals surface area contributed by atoms with E-state index < -0.39 is 0 Å². The topological polar surface area (TPSA) is 24.5 Å². The third-order valence-corrected chi connectivity index (χ3v) is 2.94. The lowest BCUT2D eigenvalue weighted by atomic mass is 10.0. The predicted octanol–water partition coefficient (Wildman–Crippen LogP) is 1.98. The monoisotopic (exact) mass is 230 g/mol. The number of likely N-dealkylation sites (N-methyl/N-ethyl adjacent to an activating group) is 1. The molecule has 3 heteroatoms. The van der Waals surface area contributed by atoms with Crippen LogP contribution in [-0.2, 0) is 4.74 Å². The van der Waals surface area contributed by atoms with Crippen molar-refractivity contribution in [2.24, 2.45) is 5.92 Å². The highest BCUT2D eigenvalue weighted by atomic mass is 16.5. The molecule has 0 radical (unpaired) electrons. The molecule has 0 aliphatic heterocycles. The van der Waals surface area contributed by atoms with Gasteiger partial charge in [0.1, 0.15) is 0 Å². The molecule has 0 fully saturated rings. The lowest BCUT2D eigenvalue weighted by Gasteiger charge is -2.26. The van der Waals surface area contributed by atoms with Crippen molar-refractivity contribution in [2.75, 3.05) is 33.9 Å². The highest BCUT2D eigenvalue weighted by Gasteiger charge is 2.10. The molecule has 0 saturated heterocycles. The molecule has 16 heavy (non-hydrogen) atoms. The maximum atomic E-state index is 5.09. The average Bonchev–Trinajstić information content (AvgIpc) is 2.16. The van der Waals surface area contributed by atoms with E-state index in [1.165, 1.54) is 6.42 Å². The molecule has 0 aromatic rings. The summed E-state index contributed by atoms with van der Waals surface area (Å²) < 4.78 is 5.09. The third-order valence-electron chi connectivity index (χ3n) is 2.94. The van der Waals surface area contributed by atoms with Crippen molar-refractivity contribution in [3.63, 3.8) is 0 Å². The summed E-state index contributed by atoms with van der Waals surface area (Å²) >= 11 is 0. The summed E-state index contributed by atoms with van der Waals surface area (Å²) in [6.45, 7) is 11.9. The Morgan fingerprint density at radius 3 is 2.31 bits per heavy atom. The number of methoxy groups -OCH3 is 1. The van der Waals surface area contributed by atoms with Crippen LogP contribution in [0.15, 0.2) is 0 Å². The molecule has 98 valence electrons. The quantitative estimate of drug-likeness (QED) is 0.655. The minimum Gasteiger partial charge on any atom is -0.383 e. The predicted molar refractivity (Wildman–Crippen MR) is 70.9 cm³/mol. The van der Waals surface area contributed by atoms with E-state index in [1.807, 2.05) is 0 Å². The fourth-order valence-electron chi connectivity index (χ4n) is 1.88. The first-order valence-corrected chi connectivity index (χ1v) is 6.39. The van der Waals surface area contributed by atoms with E-state index in [4.69, 9.17) is 4.74 Å². The zero-order chi connectivity index (χ0) is 12.6. The Hall–Kier alpha value is -0.120. The number of hydrogen-bond donors (Lipinski definition) is 1. The van der Waals surface area contributed by atoms with E-state index in [1.54, 1.807) is 7.11 Å². The van der Waals surface area contributed by atoms with Crippen LogP contribution >= 0.6 is 0 Å². The van der Waals surface area contributed by atoms with E-state index in [0.717, 1.165) is 25.6 Å². The van der Waals surface area contributed by atoms with Crippen LogP contribution in [0.4, 0.5) is 0 Å². The molecule has 0 heterocycles. The van der Waals surface area contributed by atoms with Gasteiger partial charge >= 0.3 is 0 Å². The fraction of sp³-hybridized carbons (Fsp3) is 1.00. The average molecular weight is 230 g/mol. The minimum atomic E-state index is 0.443. The van der Waals surface area contributed by atoms with Gasteiger partial charge < -0.3 is 15.0 Å². The molecular formula is C13H30N2O. The summed E-state index contributed by atoms with van der Waals surface area (Å²) in [4.78, 5) is 2.42. The largest absolute Gasteiger partial charge is 0.383 e. The molecule has 0 saturated carbocycles. The summed E-state index contributed by atoms with van der Waals surface area (Å²) in [5, 5.41) is 3.46. The molecule has 2 unspecified atom stereocenters. The van der Waals surface area contributed by atoms with Crippen LogP contribution in [0.2, 0.25) is 0 Å². The number of rotatable bonds is 9. The Morgan fingerprint density at radius 1 is 1.19 bits per heavy atom. The molecule has 0 rings (SSSR count). The van der Waals surface area contributed by atoms with E-state index in [9.17, 15) is 0 Å². The molecule has 3 nitrogen and oxygen atoms in total. The Labute approximate surface area is 102 Å². The van der Waals surface area contributed by atoms with Crippen molar-refractivity contribution < 1.29 is 4.74 Å². The first kappa shape index (κ1) is 15.9. The molecular weight excluding hydrogens is 200 g/mol. The number of hydrogen-bond acceptors (Lipinski definition) is 3. The van der Waals surface area contributed by atoms with Crippen LogP contribution in [-0.4, -0.2) is 50.8 Å². The molecule has 0 aromatic heterocycles. The number of nitrogens with zero attached hydrogens (tertiary/aromatic N) is 1. The van der Waals surface area contributed by atoms with E-state index >= 15 is 0 Å². The lowest BCUT2D eigenvalue weighted by Crippen LogP contribution is -2.39. The van der Waals surface area contributed by atoms with Crippen LogP contribution in [0.1, 0.15) is 34.1 Å². The van der Waals surface area contributed by atoms with Gasteiger partial charge in [0.25, 0.3) is 0 Å². The second kappa shape index (κ2) is 8.97. The van der Waals surface area contributed by atoms with Crippen molar-refractivity contribution in [1.29, 1.82) is 0 Å². The Morgan fingerprint density at radius 2 is 1.81 bits per heavy atom. The van der Waals surface area contributed by atoms with Gasteiger partial charge in [-0.15, -0.1) is 0 Å². The molecule has 0 aromatic carbocycles. The van der Waals surface area contributed by atoms with E-state index in [-0.39, 0.29) is 0 Å². The van der Waals surface area contributed by atoms with Crippen molar-refractivity contribution in [3.05, 3.63) is 0 Å². The van der Waals surface area contributed by atoms with Crippen LogP contribution in [0.3, 0.4) is 0 Å². The van der Waals surface area contributed by atoms with Crippen LogP contribution in [0, 0.1) is 5.92 Å². The van der Waals surface area contributed by atoms with Gasteiger partial charge in [0.15, 0.2) is 0 Å². The van der Waals surface area contributed by atoms with Crippen molar-refractivity contribution in [3.8, 4) is 0 Å². The van der Waals surface area contributed by atoms with Crippen molar-refractivity contribution >= 4 is 0 Å². The van der Waals surface area contributed by atoms with Gasteiger partial charge in [-0.3, -0.25) is 0 Å². The summed E-state index contributed by atoms with van der Waals surface area (Å²) in [5.41, 5.74) is 0. The van der Waals surface area contributed by atoms with Gasteiger partial charge in [0.05, 0.1) is 6.61 Å². The number of ether oxygens (including phenoxy) is 1. The SMILES string of the molecule is COCC(C)NCCN(C)C(C)CC(C)C. The van der Waals surface area contributed by atoms with Crippen LogP contribution in [0.5, 0.6) is 0 Å². The highest BCUT2D eigenvalue weighted by molar-refractivity contribution is 4.67. The lowest BCUT2D eigenvalue weighted by molar-refractivity contribution is 0.167. The van der Waals surface area contributed by atoms with Gasteiger partial charge in [-0.05, 0) is 33.2 Å². The maximum absolute atomic E-state index is 5.09. The Kier molecular flexibility index (Phi) is 8.90. The third kappa shape index (κ3) is 8.08. The van der Waals surface area contributed by atoms with Gasteiger partial charge in [-0.2, -0.15) is 0 Å². The summed E-state index contributed by atoms with van der Waals surface area (Å²) in [6, 6.07) is 1.11. The normalized spacial score (nSPS) is 15.8. The fourth-order valence-corrected chi connectivity index (χ4v) is 1.88. The van der Waals surface area contributed by atoms with E-state index in [2.05, 4.69) is 45.0 Å². The van der Waals surface area contributed by atoms with Gasteiger partial charge in [-0.25, -0.2) is 0 Å². The highest BCUT2D eigenvalue weighted by Crippen LogP contribution is 2.08. The smallest absolute Gasteiger partial charge is 0.0613 e. The Bertz CT molecular complexity index is 162. The Balaban J connectivity index is 3.59. The maximum Gasteiger partial charge on any atom is 0.0613 e. The van der Waals surface area contributed by atoms with Gasteiger partial charge in [0, 0.05) is 32.3 Å². The minimum absolute atomic E-state index is 0.443. The van der Waals surface area contributed by atoms with Crippen molar-refractivity contribution in [2.45, 2.75) is 46.2 Å². The zero-order valence-electron chi connectivity index (χ0n) is 11.9. The molecule has 0 aliphatic carbocycles. The summed E-state index contributed by atoms with van der Waals surface area (Å²) in [7, 11) is 3.95. The number of nitrogens with one attached hydrogen (secondary N) is 1. The molecule has 0 spiro atoms. The molecule has 1 N–H and O–H groups in total. The summed E-state index contributed by atoms with van der Waals surface area (Å²) in [6.07, 6.45) is 1.27. The summed E-state index contributed by atoms with van der Waals surface area (Å²) in [5.74, 6) is 0.776. The van der Waals surface area contributed by atoms with Crippen LogP contribution < -0.4 is 5.32 Å². The molecule has 0 amide bonds. The first-order valence-electron chi connectivity index (χ1n) is 6.39. The van der Waals surface area contributed by atoms with E-state index in [0.29, 0.717) is 12.1 Å². The molecule has 0 bridgehead atoms. The second-order valence-electron chi connectivity index (χ2n) is 5.27. The first-order chi connectivity index (χ1) is 7.47. The zero-order valence-corrected chi connectivity index (χ0v) is 11.9. The molecule has 2 atom stereocenters. The molecule has 0 aliphatic rings. The van der Waals surface area contributed by atoms with Crippen molar-refractivity contribution in [1.82, 2.24) is 10.2 Å². The second-order valence-corrected chi connectivity index (χ2v) is 5.27. The standard InChI is InChI=1S/C13H30N2O/c1-11(2)9-13(4)15(5)8-7-14-12(3)10-16-6/h11-14H,7-10H2,1-6H3.